The van der Waals surface area contributed by atoms with E-state index in [-0.39, 0.29) is 17.5 Å². The van der Waals surface area contributed by atoms with E-state index in [4.69, 9.17) is 0 Å². The number of nitro benzene ring substituents is 1. The summed E-state index contributed by atoms with van der Waals surface area (Å²) in [5.74, 6) is -0.199. The maximum atomic E-state index is 13.0. The van der Waals surface area contributed by atoms with Crippen LogP contribution in [0.15, 0.2) is 72.8 Å². The van der Waals surface area contributed by atoms with E-state index in [1.807, 2.05) is 59.5 Å². The Morgan fingerprint density at radius 3 is 2.35 bits per heavy atom. The van der Waals surface area contributed by atoms with Gasteiger partial charge in [0.05, 0.1) is 16.2 Å². The van der Waals surface area contributed by atoms with Gasteiger partial charge in [0.1, 0.15) is 0 Å². The van der Waals surface area contributed by atoms with Crippen LogP contribution in [0.5, 0.6) is 0 Å². The second-order valence-electron chi connectivity index (χ2n) is 9.16. The number of nitrogens with one attached hydrogen (secondary N) is 2. The maximum absolute atomic E-state index is 13.0. The fourth-order valence-electron chi connectivity index (χ4n) is 4.72. The number of anilines is 2. The quantitative estimate of drug-likeness (QED) is 0.300. The van der Waals surface area contributed by atoms with Crippen molar-refractivity contribution in [1.29, 1.82) is 0 Å². The molecule has 0 aliphatic carbocycles. The molecule has 1 fully saturated rings. The van der Waals surface area contributed by atoms with Gasteiger partial charge in [-0.2, -0.15) is 0 Å². The van der Waals surface area contributed by atoms with Crippen LogP contribution in [0.25, 0.3) is 11.3 Å². The van der Waals surface area contributed by atoms with Gasteiger partial charge in [0.15, 0.2) is 0 Å². The summed E-state index contributed by atoms with van der Waals surface area (Å²) in [5.41, 5.74) is 4.63. The largest absolute Gasteiger partial charge is 0.354 e. The average molecular weight is 498 g/mol. The van der Waals surface area contributed by atoms with Gasteiger partial charge in [-0.15, -0.1) is 0 Å². The van der Waals surface area contributed by atoms with Gasteiger partial charge in [-0.1, -0.05) is 42.5 Å². The van der Waals surface area contributed by atoms with Gasteiger partial charge in [0.2, 0.25) is 5.91 Å². The third-order valence-electron chi connectivity index (χ3n) is 6.72. The third kappa shape index (κ3) is 5.22. The second-order valence-corrected chi connectivity index (χ2v) is 9.16. The molecule has 2 N–H and O–H groups in total. The smallest absolute Gasteiger partial charge is 0.270 e. The molecule has 9 heteroatoms. The Morgan fingerprint density at radius 1 is 1.00 bits per heavy atom. The Balaban J connectivity index is 1.42. The van der Waals surface area contributed by atoms with E-state index in [0.717, 1.165) is 49.5 Å². The number of carbonyl (C=O) groups excluding carboxylic acids is 2. The van der Waals surface area contributed by atoms with Crippen LogP contribution in [-0.2, 0) is 16.1 Å². The van der Waals surface area contributed by atoms with E-state index in [0.29, 0.717) is 22.5 Å². The summed E-state index contributed by atoms with van der Waals surface area (Å²) in [6, 6.07) is 21.8. The predicted octanol–water partition coefficient (Wildman–Crippen LogP) is 4.19. The van der Waals surface area contributed by atoms with E-state index in [1.54, 1.807) is 13.0 Å². The molecule has 37 heavy (non-hydrogen) atoms. The molecule has 0 atom stereocenters. The summed E-state index contributed by atoms with van der Waals surface area (Å²) < 4.78 is 0. The zero-order valence-corrected chi connectivity index (χ0v) is 20.4. The standard InChI is InChI=1S/C28H27N5O4/c1-19(34)32-15-13-31(14-16-32)18-20-7-9-22(10-8-20)29-27(21-5-3-2-4-6-21)26-24-17-23(33(36)37)11-12-25(24)30-28(26)35/h2-12,17,29H,13-16,18H2,1H3,(H,30,35)/b27-26-. The van der Waals surface area contributed by atoms with Gasteiger partial charge in [0.25, 0.3) is 11.6 Å². The first-order valence-corrected chi connectivity index (χ1v) is 12.1. The fourth-order valence-corrected chi connectivity index (χ4v) is 4.72. The molecule has 2 amide bonds. The molecule has 9 nitrogen and oxygen atoms in total. The molecule has 2 aliphatic heterocycles. The number of nitrogens with zero attached hydrogens (tertiary/aromatic N) is 3. The average Bonchev–Trinajstić information content (AvgIpc) is 3.23. The van der Waals surface area contributed by atoms with Crippen LogP contribution in [0, 0.1) is 10.1 Å². The minimum atomic E-state index is -0.463. The van der Waals surface area contributed by atoms with E-state index in [2.05, 4.69) is 15.5 Å². The summed E-state index contributed by atoms with van der Waals surface area (Å²) in [7, 11) is 0. The van der Waals surface area contributed by atoms with Crippen molar-refractivity contribution in [3.63, 3.8) is 0 Å². The van der Waals surface area contributed by atoms with Gasteiger partial charge in [-0.05, 0) is 29.3 Å². The van der Waals surface area contributed by atoms with Crippen molar-refractivity contribution in [3.8, 4) is 0 Å². The molecule has 0 unspecified atom stereocenters. The molecule has 3 aromatic rings. The lowest BCUT2D eigenvalue weighted by atomic mass is 9.99. The summed E-state index contributed by atoms with van der Waals surface area (Å²) in [6.07, 6.45) is 0. The van der Waals surface area contributed by atoms with Crippen molar-refractivity contribution < 1.29 is 14.5 Å². The van der Waals surface area contributed by atoms with Crippen LogP contribution in [0.2, 0.25) is 0 Å². The molecular weight excluding hydrogens is 470 g/mol. The molecular formula is C28H27N5O4. The van der Waals surface area contributed by atoms with Crippen molar-refractivity contribution in [1.82, 2.24) is 9.80 Å². The number of hydrogen-bond donors (Lipinski definition) is 2. The monoisotopic (exact) mass is 497 g/mol. The Bertz CT molecular complexity index is 1380. The van der Waals surface area contributed by atoms with Crippen molar-refractivity contribution in [2.75, 3.05) is 36.8 Å². The number of non-ortho nitro benzene ring substituents is 1. The molecule has 0 radical (unpaired) electrons. The first-order valence-electron chi connectivity index (χ1n) is 12.1. The SMILES string of the molecule is CC(=O)N1CCN(Cc2ccc(N/C(=C3\C(=O)Nc4ccc([N+](=O)[O-])cc43)c3ccccc3)cc2)CC1. The Morgan fingerprint density at radius 2 is 1.70 bits per heavy atom. The van der Waals surface area contributed by atoms with E-state index < -0.39 is 4.92 Å². The molecule has 1 saturated heterocycles. The van der Waals surface area contributed by atoms with Gasteiger partial charge in [0, 0.05) is 68.7 Å². The minimum Gasteiger partial charge on any atom is -0.354 e. The second kappa shape index (κ2) is 10.2. The van der Waals surface area contributed by atoms with Crippen LogP contribution >= 0.6 is 0 Å². The Kier molecular flexibility index (Phi) is 6.70. The summed E-state index contributed by atoms with van der Waals surface area (Å²) in [6.45, 7) is 5.55. The molecule has 0 aromatic heterocycles. The molecule has 0 saturated carbocycles. The van der Waals surface area contributed by atoms with Crippen LogP contribution < -0.4 is 10.6 Å². The number of amides is 2. The number of rotatable bonds is 6. The van der Waals surface area contributed by atoms with Crippen molar-refractivity contribution in [2.24, 2.45) is 0 Å². The Hall–Kier alpha value is -4.50. The van der Waals surface area contributed by atoms with Crippen LogP contribution in [0.3, 0.4) is 0 Å². The summed E-state index contributed by atoms with van der Waals surface area (Å²) >= 11 is 0. The topological polar surface area (TPSA) is 108 Å². The number of hydrogen-bond acceptors (Lipinski definition) is 6. The fraction of sp³-hybridized carbons (Fsp3) is 0.214. The summed E-state index contributed by atoms with van der Waals surface area (Å²) in [4.78, 5) is 39.7. The number of nitro groups is 1. The molecule has 188 valence electrons. The minimum absolute atomic E-state index is 0.0753. The molecule has 5 rings (SSSR count). The van der Waals surface area contributed by atoms with Gasteiger partial charge >= 0.3 is 0 Å². The van der Waals surface area contributed by atoms with Crippen LogP contribution in [0.4, 0.5) is 17.1 Å². The van der Waals surface area contributed by atoms with Crippen molar-refractivity contribution in [2.45, 2.75) is 13.5 Å². The normalized spacial score (nSPS) is 16.7. The highest BCUT2D eigenvalue weighted by Gasteiger charge is 2.30. The zero-order chi connectivity index (χ0) is 25.9. The number of fused-ring (bicyclic) bond motifs is 1. The lowest BCUT2D eigenvalue weighted by Crippen LogP contribution is -2.47. The van der Waals surface area contributed by atoms with E-state index in [9.17, 15) is 19.7 Å². The summed E-state index contributed by atoms with van der Waals surface area (Å²) in [5, 5.41) is 17.6. The highest BCUT2D eigenvalue weighted by Crippen LogP contribution is 2.39. The zero-order valence-electron chi connectivity index (χ0n) is 20.4. The van der Waals surface area contributed by atoms with Crippen LogP contribution in [0.1, 0.15) is 23.6 Å². The highest BCUT2D eigenvalue weighted by atomic mass is 16.6. The lowest BCUT2D eigenvalue weighted by Gasteiger charge is -2.34. The van der Waals surface area contributed by atoms with E-state index >= 15 is 0 Å². The molecule has 0 spiro atoms. The van der Waals surface area contributed by atoms with Gasteiger partial charge < -0.3 is 15.5 Å². The first kappa shape index (κ1) is 24.2. The van der Waals surface area contributed by atoms with Crippen molar-refractivity contribution >= 4 is 40.1 Å². The lowest BCUT2D eigenvalue weighted by molar-refractivity contribution is -0.384. The maximum Gasteiger partial charge on any atom is 0.270 e. The van der Waals surface area contributed by atoms with E-state index in [1.165, 1.54) is 12.1 Å². The Labute approximate surface area is 214 Å². The molecule has 3 aromatic carbocycles. The highest BCUT2D eigenvalue weighted by molar-refractivity contribution is 6.37. The number of carbonyl (C=O) groups is 2. The first-order chi connectivity index (χ1) is 17.9. The predicted molar refractivity (Wildman–Crippen MR) is 143 cm³/mol. The number of piperazine rings is 1. The molecule has 2 aliphatic rings. The van der Waals surface area contributed by atoms with Gasteiger partial charge in [-0.3, -0.25) is 24.6 Å². The third-order valence-corrected chi connectivity index (χ3v) is 6.72. The molecule has 0 bridgehead atoms. The van der Waals surface area contributed by atoms with Crippen molar-refractivity contribution in [3.05, 3.63) is 99.6 Å². The van der Waals surface area contributed by atoms with Gasteiger partial charge in [-0.25, -0.2) is 0 Å². The van der Waals surface area contributed by atoms with Crippen LogP contribution in [-0.4, -0.2) is 52.7 Å². The molecule has 2 heterocycles. The number of benzene rings is 3.